The van der Waals surface area contributed by atoms with Crippen molar-refractivity contribution in [2.75, 3.05) is 5.32 Å². The number of nitro benzene ring substituents is 1. The first-order valence-corrected chi connectivity index (χ1v) is 7.62. The topological polar surface area (TPSA) is 72.2 Å². The predicted molar refractivity (Wildman–Crippen MR) is 88.9 cm³/mol. The Morgan fingerprint density at radius 3 is 2.13 bits per heavy atom. The van der Waals surface area contributed by atoms with E-state index in [2.05, 4.69) is 5.32 Å². The Bertz CT molecular complexity index is 763. The number of amides is 1. The van der Waals surface area contributed by atoms with Crippen molar-refractivity contribution in [2.45, 2.75) is 16.2 Å². The Hall–Kier alpha value is -2.11. The molecule has 1 aliphatic carbocycles. The molecule has 23 heavy (non-hydrogen) atoms. The standard InChI is InChI=1S/C16H12Cl2N2O3/c17-16(18)10-15(16,11-4-2-1-3-5-11)14(21)19-12-6-8-13(9-7-12)20(22)23/h1-9H,10H2,(H,19,21). The molecule has 0 saturated heterocycles. The molecule has 1 unspecified atom stereocenters. The number of nitro groups is 1. The van der Waals surface area contributed by atoms with Crippen molar-refractivity contribution in [3.05, 3.63) is 70.3 Å². The third-order valence-electron chi connectivity index (χ3n) is 3.98. The Kier molecular flexibility index (Phi) is 3.78. The summed E-state index contributed by atoms with van der Waals surface area (Å²) >= 11 is 12.5. The molecule has 2 aromatic rings. The van der Waals surface area contributed by atoms with Crippen LogP contribution in [-0.4, -0.2) is 15.2 Å². The van der Waals surface area contributed by atoms with Crippen molar-refractivity contribution < 1.29 is 9.72 Å². The molecule has 0 bridgehead atoms. The summed E-state index contributed by atoms with van der Waals surface area (Å²) in [4.78, 5) is 22.9. The molecule has 1 atom stereocenters. The first kappa shape index (κ1) is 15.8. The molecule has 0 aromatic heterocycles. The zero-order valence-electron chi connectivity index (χ0n) is 11.8. The van der Waals surface area contributed by atoms with E-state index in [1.165, 1.54) is 24.3 Å². The molecule has 118 valence electrons. The van der Waals surface area contributed by atoms with Gasteiger partial charge in [-0.3, -0.25) is 14.9 Å². The lowest BCUT2D eigenvalue weighted by molar-refractivity contribution is -0.384. The van der Waals surface area contributed by atoms with Crippen molar-refractivity contribution in [2.24, 2.45) is 0 Å². The average Bonchev–Trinajstić information content (AvgIpc) is 3.13. The van der Waals surface area contributed by atoms with Crippen LogP contribution in [0, 0.1) is 10.1 Å². The van der Waals surface area contributed by atoms with E-state index in [4.69, 9.17) is 23.2 Å². The van der Waals surface area contributed by atoms with Gasteiger partial charge >= 0.3 is 0 Å². The van der Waals surface area contributed by atoms with Gasteiger partial charge in [-0.2, -0.15) is 0 Å². The van der Waals surface area contributed by atoms with Gasteiger partial charge in [-0.25, -0.2) is 0 Å². The number of nitrogens with one attached hydrogen (secondary N) is 1. The number of rotatable bonds is 4. The molecule has 7 heteroatoms. The summed E-state index contributed by atoms with van der Waals surface area (Å²) in [7, 11) is 0. The maximum absolute atomic E-state index is 12.7. The summed E-state index contributed by atoms with van der Waals surface area (Å²) in [5.74, 6) is -0.331. The maximum atomic E-state index is 12.7. The lowest BCUT2D eigenvalue weighted by Gasteiger charge is -2.18. The number of carbonyl (C=O) groups excluding carboxylic acids is 1. The number of carbonyl (C=O) groups is 1. The zero-order valence-corrected chi connectivity index (χ0v) is 13.3. The molecule has 0 heterocycles. The van der Waals surface area contributed by atoms with Crippen molar-refractivity contribution in [3.63, 3.8) is 0 Å². The van der Waals surface area contributed by atoms with E-state index in [9.17, 15) is 14.9 Å². The van der Waals surface area contributed by atoms with E-state index in [1.807, 2.05) is 30.3 Å². The van der Waals surface area contributed by atoms with E-state index in [0.29, 0.717) is 12.1 Å². The molecular formula is C16H12Cl2N2O3. The van der Waals surface area contributed by atoms with Crippen LogP contribution in [0.4, 0.5) is 11.4 Å². The molecule has 1 N–H and O–H groups in total. The summed E-state index contributed by atoms with van der Waals surface area (Å²) in [5, 5.41) is 13.4. The second kappa shape index (κ2) is 5.51. The number of hydrogen-bond donors (Lipinski definition) is 1. The Labute approximate surface area is 142 Å². The molecule has 0 aliphatic heterocycles. The lowest BCUT2D eigenvalue weighted by atomic mass is 9.94. The van der Waals surface area contributed by atoms with Crippen LogP contribution < -0.4 is 5.32 Å². The van der Waals surface area contributed by atoms with Crippen molar-refractivity contribution in [1.82, 2.24) is 0 Å². The quantitative estimate of drug-likeness (QED) is 0.513. The van der Waals surface area contributed by atoms with Gasteiger partial charge in [0.2, 0.25) is 5.91 Å². The maximum Gasteiger partial charge on any atom is 0.269 e. The van der Waals surface area contributed by atoms with Gasteiger partial charge in [0.15, 0.2) is 0 Å². The fraction of sp³-hybridized carbons (Fsp3) is 0.188. The molecule has 2 aromatic carbocycles. The van der Waals surface area contributed by atoms with Crippen LogP contribution in [0.5, 0.6) is 0 Å². The minimum absolute atomic E-state index is 0.0452. The lowest BCUT2D eigenvalue weighted by Crippen LogP contribution is -2.32. The summed E-state index contributed by atoms with van der Waals surface area (Å²) in [6, 6.07) is 14.7. The summed E-state index contributed by atoms with van der Waals surface area (Å²) in [6.45, 7) is 0. The molecule has 5 nitrogen and oxygen atoms in total. The van der Waals surface area contributed by atoms with Crippen LogP contribution in [0.2, 0.25) is 0 Å². The molecule has 1 amide bonds. The van der Waals surface area contributed by atoms with Gasteiger partial charge in [0.05, 0.1) is 4.92 Å². The second-order valence-corrected chi connectivity index (χ2v) is 6.89. The van der Waals surface area contributed by atoms with Gasteiger partial charge in [0.1, 0.15) is 9.75 Å². The fourth-order valence-corrected chi connectivity index (χ4v) is 3.40. The molecule has 1 saturated carbocycles. The number of nitrogens with zero attached hydrogens (tertiary/aromatic N) is 1. The van der Waals surface area contributed by atoms with Crippen LogP contribution in [0.1, 0.15) is 12.0 Å². The Balaban J connectivity index is 1.85. The van der Waals surface area contributed by atoms with Crippen LogP contribution in [0.15, 0.2) is 54.6 Å². The molecule has 0 spiro atoms. The third-order valence-corrected chi connectivity index (χ3v) is 4.89. The van der Waals surface area contributed by atoms with E-state index in [-0.39, 0.29) is 11.6 Å². The molecule has 3 rings (SSSR count). The normalized spacial score (nSPS) is 21.5. The monoisotopic (exact) mass is 350 g/mol. The van der Waals surface area contributed by atoms with Gasteiger partial charge in [0.25, 0.3) is 5.69 Å². The number of hydrogen-bond acceptors (Lipinski definition) is 3. The van der Waals surface area contributed by atoms with Gasteiger partial charge in [0, 0.05) is 24.2 Å². The summed E-state index contributed by atoms with van der Waals surface area (Å²) in [5.41, 5.74) is 0.131. The molecule has 1 fully saturated rings. The van der Waals surface area contributed by atoms with Gasteiger partial charge in [-0.1, -0.05) is 30.3 Å². The van der Waals surface area contributed by atoms with Crippen molar-refractivity contribution in [1.29, 1.82) is 0 Å². The van der Waals surface area contributed by atoms with Gasteiger partial charge in [-0.05, 0) is 17.7 Å². The van der Waals surface area contributed by atoms with Crippen LogP contribution in [0.25, 0.3) is 0 Å². The molecule has 0 radical (unpaired) electrons. The zero-order chi connectivity index (χ0) is 16.7. The average molecular weight is 351 g/mol. The SMILES string of the molecule is O=C(Nc1ccc([N+](=O)[O-])cc1)C1(c2ccccc2)CC1(Cl)Cl. The number of non-ortho nitro benzene ring substituents is 1. The second-order valence-electron chi connectivity index (χ2n) is 5.41. The highest BCUT2D eigenvalue weighted by Gasteiger charge is 2.72. The summed E-state index contributed by atoms with van der Waals surface area (Å²) < 4.78 is -1.17. The Morgan fingerprint density at radius 2 is 1.65 bits per heavy atom. The number of alkyl halides is 2. The highest BCUT2D eigenvalue weighted by Crippen LogP contribution is 2.65. The highest BCUT2D eigenvalue weighted by molar-refractivity contribution is 6.54. The number of benzene rings is 2. The van der Waals surface area contributed by atoms with Gasteiger partial charge < -0.3 is 5.32 Å². The number of halogens is 2. The van der Waals surface area contributed by atoms with E-state index in [1.54, 1.807) is 0 Å². The largest absolute Gasteiger partial charge is 0.325 e. The molecule has 1 aliphatic rings. The highest BCUT2D eigenvalue weighted by atomic mass is 35.5. The fourth-order valence-electron chi connectivity index (χ4n) is 2.61. The Morgan fingerprint density at radius 1 is 1.09 bits per heavy atom. The third kappa shape index (κ3) is 2.66. The first-order chi connectivity index (χ1) is 10.9. The van der Waals surface area contributed by atoms with Gasteiger partial charge in [-0.15, -0.1) is 23.2 Å². The van der Waals surface area contributed by atoms with Crippen LogP contribution >= 0.6 is 23.2 Å². The van der Waals surface area contributed by atoms with E-state index < -0.39 is 14.7 Å². The predicted octanol–water partition coefficient (Wildman–Crippen LogP) is 4.05. The van der Waals surface area contributed by atoms with Crippen molar-refractivity contribution in [3.8, 4) is 0 Å². The summed E-state index contributed by atoms with van der Waals surface area (Å²) in [6.07, 6.45) is 0.311. The first-order valence-electron chi connectivity index (χ1n) is 6.86. The number of anilines is 1. The van der Waals surface area contributed by atoms with E-state index in [0.717, 1.165) is 5.56 Å². The van der Waals surface area contributed by atoms with Crippen molar-refractivity contribution >= 4 is 40.5 Å². The molecular weight excluding hydrogens is 339 g/mol. The van der Waals surface area contributed by atoms with Crippen LogP contribution in [0.3, 0.4) is 0 Å². The van der Waals surface area contributed by atoms with E-state index >= 15 is 0 Å². The smallest absolute Gasteiger partial charge is 0.269 e. The van der Waals surface area contributed by atoms with Crippen LogP contribution in [-0.2, 0) is 10.2 Å². The minimum atomic E-state index is -1.17. The minimum Gasteiger partial charge on any atom is -0.325 e.